The van der Waals surface area contributed by atoms with Gasteiger partial charge in [-0.1, -0.05) is 29.3 Å². The van der Waals surface area contributed by atoms with E-state index in [-0.39, 0.29) is 11.8 Å². The summed E-state index contributed by atoms with van der Waals surface area (Å²) in [5.41, 5.74) is 3.74. The van der Waals surface area contributed by atoms with Crippen LogP contribution in [0.5, 0.6) is 5.75 Å². The topological polar surface area (TPSA) is 61.9 Å². The quantitative estimate of drug-likeness (QED) is 0.764. The Morgan fingerprint density at radius 3 is 2.43 bits per heavy atom. The molecule has 0 aromatic heterocycles. The third kappa shape index (κ3) is 5.83. The van der Waals surface area contributed by atoms with E-state index in [1.807, 2.05) is 55.1 Å². The Balaban J connectivity index is 1.77. The molecule has 1 heterocycles. The Hall–Kier alpha value is -2.86. The largest absolute Gasteiger partial charge is 0.497 e. The first-order valence-electron chi connectivity index (χ1n) is 10.5. The van der Waals surface area contributed by atoms with Crippen LogP contribution in [0.15, 0.2) is 42.5 Å². The van der Waals surface area contributed by atoms with Gasteiger partial charge in [0.05, 0.1) is 7.11 Å². The molecule has 160 valence electrons. The highest BCUT2D eigenvalue weighted by atomic mass is 16.5. The first-order valence-corrected chi connectivity index (χ1v) is 10.5. The second-order valence-corrected chi connectivity index (χ2v) is 7.84. The summed E-state index contributed by atoms with van der Waals surface area (Å²) >= 11 is 0. The molecule has 0 spiro atoms. The van der Waals surface area contributed by atoms with Crippen molar-refractivity contribution in [1.29, 1.82) is 0 Å². The highest BCUT2D eigenvalue weighted by Crippen LogP contribution is 2.18. The van der Waals surface area contributed by atoms with Crippen LogP contribution in [-0.4, -0.2) is 61.4 Å². The molecule has 30 heavy (non-hydrogen) atoms. The number of nitrogens with zero attached hydrogens (tertiary/aromatic N) is 2. The number of methoxy groups -OCH3 is 1. The molecular formula is C24H31N3O3. The Bertz CT molecular complexity index is 871. The van der Waals surface area contributed by atoms with Crippen LogP contribution in [0, 0.1) is 13.8 Å². The van der Waals surface area contributed by atoms with Crippen LogP contribution in [0.3, 0.4) is 0 Å². The summed E-state index contributed by atoms with van der Waals surface area (Å²) in [6.45, 7) is 7.87. The van der Waals surface area contributed by atoms with Crippen LogP contribution in [-0.2, 0) is 11.3 Å². The lowest BCUT2D eigenvalue weighted by Crippen LogP contribution is -2.47. The molecule has 0 bridgehead atoms. The SMILES string of the molecule is COc1cccc(CN(CCC(=O)N2CCNCC2)C(=O)c2cc(C)cc(C)c2)c1. The smallest absolute Gasteiger partial charge is 0.254 e. The zero-order valence-corrected chi connectivity index (χ0v) is 18.1. The molecule has 2 aromatic carbocycles. The van der Waals surface area contributed by atoms with Gasteiger partial charge in [0.2, 0.25) is 5.91 Å². The number of hydrogen-bond acceptors (Lipinski definition) is 4. The number of carbonyl (C=O) groups is 2. The first kappa shape index (κ1) is 21.8. The highest BCUT2D eigenvalue weighted by Gasteiger charge is 2.21. The number of ether oxygens (including phenoxy) is 1. The monoisotopic (exact) mass is 409 g/mol. The number of carbonyl (C=O) groups excluding carboxylic acids is 2. The van der Waals surface area contributed by atoms with Crippen molar-refractivity contribution >= 4 is 11.8 Å². The molecule has 6 nitrogen and oxygen atoms in total. The van der Waals surface area contributed by atoms with Gasteiger partial charge < -0.3 is 19.9 Å². The number of amides is 2. The maximum absolute atomic E-state index is 13.4. The van der Waals surface area contributed by atoms with Crippen LogP contribution >= 0.6 is 0 Å². The molecule has 2 amide bonds. The van der Waals surface area contributed by atoms with Crippen molar-refractivity contribution in [1.82, 2.24) is 15.1 Å². The van der Waals surface area contributed by atoms with Gasteiger partial charge in [0.25, 0.3) is 5.91 Å². The number of rotatable bonds is 7. The van der Waals surface area contributed by atoms with E-state index in [2.05, 4.69) is 11.4 Å². The normalized spacial score (nSPS) is 13.8. The van der Waals surface area contributed by atoms with Crippen molar-refractivity contribution in [2.75, 3.05) is 39.8 Å². The van der Waals surface area contributed by atoms with E-state index in [9.17, 15) is 9.59 Å². The van der Waals surface area contributed by atoms with Crippen molar-refractivity contribution in [2.45, 2.75) is 26.8 Å². The molecule has 1 N–H and O–H groups in total. The van der Waals surface area contributed by atoms with Crippen LogP contribution < -0.4 is 10.1 Å². The van der Waals surface area contributed by atoms with Gasteiger partial charge in [0.15, 0.2) is 0 Å². The molecule has 0 saturated carbocycles. The Morgan fingerprint density at radius 1 is 1.07 bits per heavy atom. The average Bonchev–Trinajstić information content (AvgIpc) is 2.76. The lowest BCUT2D eigenvalue weighted by atomic mass is 10.1. The highest BCUT2D eigenvalue weighted by molar-refractivity contribution is 5.95. The lowest BCUT2D eigenvalue weighted by Gasteiger charge is -2.29. The van der Waals surface area contributed by atoms with E-state index < -0.39 is 0 Å². The number of piperazine rings is 1. The molecule has 0 atom stereocenters. The third-order valence-electron chi connectivity index (χ3n) is 5.33. The van der Waals surface area contributed by atoms with E-state index in [1.165, 1.54) is 0 Å². The number of aryl methyl sites for hydroxylation is 2. The minimum atomic E-state index is -0.0577. The van der Waals surface area contributed by atoms with Crippen LogP contribution in [0.2, 0.25) is 0 Å². The van der Waals surface area contributed by atoms with Gasteiger partial charge in [-0.05, 0) is 43.7 Å². The van der Waals surface area contributed by atoms with Crippen LogP contribution in [0.4, 0.5) is 0 Å². The summed E-state index contributed by atoms with van der Waals surface area (Å²) in [6.07, 6.45) is 0.320. The van der Waals surface area contributed by atoms with E-state index in [1.54, 1.807) is 12.0 Å². The van der Waals surface area contributed by atoms with E-state index in [0.717, 1.165) is 48.6 Å². The molecule has 1 saturated heterocycles. The van der Waals surface area contributed by atoms with Gasteiger partial charge in [0.1, 0.15) is 5.75 Å². The summed E-state index contributed by atoms with van der Waals surface area (Å²) in [6, 6.07) is 13.6. The van der Waals surface area contributed by atoms with E-state index >= 15 is 0 Å². The standard InChI is InChI=1S/C24H31N3O3/c1-18-13-19(2)15-21(14-18)24(29)27(17-20-5-4-6-22(16-20)30-3)10-7-23(28)26-11-8-25-9-12-26/h4-6,13-16,25H,7-12,17H2,1-3H3. The zero-order valence-electron chi connectivity index (χ0n) is 18.1. The maximum atomic E-state index is 13.4. The molecule has 1 aliphatic rings. The minimum Gasteiger partial charge on any atom is -0.497 e. The van der Waals surface area contributed by atoms with Gasteiger partial charge in [-0.3, -0.25) is 9.59 Å². The summed E-state index contributed by atoms with van der Waals surface area (Å²) in [4.78, 5) is 29.7. The zero-order chi connectivity index (χ0) is 21.5. The molecule has 2 aromatic rings. The molecule has 3 rings (SSSR count). The second kappa shape index (κ2) is 10.3. The van der Waals surface area contributed by atoms with Crippen molar-refractivity contribution in [3.63, 3.8) is 0 Å². The minimum absolute atomic E-state index is 0.0577. The summed E-state index contributed by atoms with van der Waals surface area (Å²) in [7, 11) is 1.63. The van der Waals surface area contributed by atoms with Crippen molar-refractivity contribution < 1.29 is 14.3 Å². The Kier molecular flexibility index (Phi) is 7.46. The van der Waals surface area contributed by atoms with Gasteiger partial charge in [-0.2, -0.15) is 0 Å². The summed E-state index contributed by atoms with van der Waals surface area (Å²) in [5, 5.41) is 3.26. The summed E-state index contributed by atoms with van der Waals surface area (Å²) in [5.74, 6) is 0.793. The number of hydrogen-bond donors (Lipinski definition) is 1. The summed E-state index contributed by atoms with van der Waals surface area (Å²) < 4.78 is 5.32. The Labute approximate surface area is 178 Å². The van der Waals surface area contributed by atoms with Gasteiger partial charge in [-0.25, -0.2) is 0 Å². The number of benzene rings is 2. The van der Waals surface area contributed by atoms with Crippen LogP contribution in [0.25, 0.3) is 0 Å². The molecule has 0 aliphatic carbocycles. The van der Waals surface area contributed by atoms with Crippen molar-refractivity contribution in [3.8, 4) is 5.75 Å². The fraction of sp³-hybridized carbons (Fsp3) is 0.417. The molecule has 1 fully saturated rings. The fourth-order valence-corrected chi connectivity index (χ4v) is 3.83. The molecule has 6 heteroatoms. The van der Waals surface area contributed by atoms with Gasteiger partial charge >= 0.3 is 0 Å². The van der Waals surface area contributed by atoms with E-state index in [0.29, 0.717) is 25.1 Å². The first-order chi connectivity index (χ1) is 14.5. The van der Waals surface area contributed by atoms with Crippen molar-refractivity contribution in [2.24, 2.45) is 0 Å². The third-order valence-corrected chi connectivity index (χ3v) is 5.33. The van der Waals surface area contributed by atoms with Crippen LogP contribution in [0.1, 0.15) is 33.5 Å². The molecule has 1 aliphatic heterocycles. The number of nitrogens with one attached hydrogen (secondary N) is 1. The lowest BCUT2D eigenvalue weighted by molar-refractivity contribution is -0.132. The second-order valence-electron chi connectivity index (χ2n) is 7.84. The maximum Gasteiger partial charge on any atom is 0.254 e. The Morgan fingerprint density at radius 2 is 1.77 bits per heavy atom. The predicted molar refractivity (Wildman–Crippen MR) is 118 cm³/mol. The average molecular weight is 410 g/mol. The predicted octanol–water partition coefficient (Wildman–Crippen LogP) is 2.78. The molecular weight excluding hydrogens is 378 g/mol. The fourth-order valence-electron chi connectivity index (χ4n) is 3.83. The van der Waals surface area contributed by atoms with Gasteiger partial charge in [-0.15, -0.1) is 0 Å². The molecule has 0 radical (unpaired) electrons. The molecule has 0 unspecified atom stereocenters. The van der Waals surface area contributed by atoms with E-state index in [4.69, 9.17) is 4.74 Å². The van der Waals surface area contributed by atoms with Gasteiger partial charge in [0, 0.05) is 51.3 Å². The van der Waals surface area contributed by atoms with Crippen molar-refractivity contribution in [3.05, 3.63) is 64.7 Å².